The summed E-state index contributed by atoms with van der Waals surface area (Å²) in [5, 5.41) is 31.3. The predicted molar refractivity (Wildman–Crippen MR) is 87.1 cm³/mol. The van der Waals surface area contributed by atoms with Gasteiger partial charge in [-0.2, -0.15) is 0 Å². The SMILES string of the molecule is O=C(CCCc1ccccc1)NCC(O)c1ccc(O)c(O)c1. The zero-order valence-electron chi connectivity index (χ0n) is 12.8. The van der Waals surface area contributed by atoms with E-state index < -0.39 is 6.10 Å². The van der Waals surface area contributed by atoms with E-state index >= 15 is 0 Å². The van der Waals surface area contributed by atoms with Crippen LogP contribution < -0.4 is 5.32 Å². The number of phenolic OH excluding ortho intramolecular Hbond substituents is 2. The first-order valence-corrected chi connectivity index (χ1v) is 7.57. The van der Waals surface area contributed by atoms with Gasteiger partial charge in [-0.1, -0.05) is 36.4 Å². The minimum absolute atomic E-state index is 0.0639. The van der Waals surface area contributed by atoms with Crippen LogP contribution in [0.5, 0.6) is 11.5 Å². The molecule has 2 rings (SSSR count). The van der Waals surface area contributed by atoms with Crippen molar-refractivity contribution < 1.29 is 20.1 Å². The molecule has 23 heavy (non-hydrogen) atoms. The number of aryl methyl sites for hydroxylation is 1. The molecule has 1 unspecified atom stereocenters. The molecule has 4 N–H and O–H groups in total. The van der Waals surface area contributed by atoms with Crippen LogP contribution in [0.4, 0.5) is 0 Å². The molecule has 5 nitrogen and oxygen atoms in total. The van der Waals surface area contributed by atoms with Crippen molar-refractivity contribution >= 4 is 5.91 Å². The molecule has 122 valence electrons. The number of carbonyl (C=O) groups excluding carboxylic acids is 1. The van der Waals surface area contributed by atoms with E-state index in [0.717, 1.165) is 12.8 Å². The van der Waals surface area contributed by atoms with Crippen LogP contribution in [0.3, 0.4) is 0 Å². The number of aromatic hydroxyl groups is 2. The van der Waals surface area contributed by atoms with Crippen LogP contribution >= 0.6 is 0 Å². The molecule has 0 aliphatic carbocycles. The molecular weight excluding hydrogens is 294 g/mol. The van der Waals surface area contributed by atoms with Gasteiger partial charge in [-0.3, -0.25) is 4.79 Å². The first kappa shape index (κ1) is 16.8. The fourth-order valence-electron chi connectivity index (χ4n) is 2.26. The average Bonchev–Trinajstić information content (AvgIpc) is 2.56. The maximum Gasteiger partial charge on any atom is 0.220 e. The highest BCUT2D eigenvalue weighted by Crippen LogP contribution is 2.27. The molecule has 0 aliphatic rings. The van der Waals surface area contributed by atoms with E-state index in [2.05, 4.69) is 5.32 Å². The van der Waals surface area contributed by atoms with Crippen molar-refractivity contribution in [2.24, 2.45) is 0 Å². The van der Waals surface area contributed by atoms with Crippen LogP contribution in [0.2, 0.25) is 0 Å². The maximum absolute atomic E-state index is 11.8. The highest BCUT2D eigenvalue weighted by atomic mass is 16.3. The fraction of sp³-hybridized carbons (Fsp3) is 0.278. The Bertz CT molecular complexity index is 643. The Morgan fingerprint density at radius 3 is 2.48 bits per heavy atom. The van der Waals surface area contributed by atoms with E-state index in [9.17, 15) is 20.1 Å². The summed E-state index contributed by atoms with van der Waals surface area (Å²) >= 11 is 0. The highest BCUT2D eigenvalue weighted by molar-refractivity contribution is 5.75. The Kier molecular flexibility index (Phi) is 6.00. The second-order valence-electron chi connectivity index (χ2n) is 5.41. The standard InChI is InChI=1S/C18H21NO4/c20-15-10-9-14(11-16(15)21)17(22)12-19-18(23)8-4-7-13-5-2-1-3-6-13/h1-3,5-6,9-11,17,20-22H,4,7-8,12H2,(H,19,23). The number of amides is 1. The van der Waals surface area contributed by atoms with Gasteiger partial charge in [0.1, 0.15) is 0 Å². The van der Waals surface area contributed by atoms with Gasteiger partial charge in [0.05, 0.1) is 6.10 Å². The van der Waals surface area contributed by atoms with Crippen LogP contribution in [0, 0.1) is 0 Å². The van der Waals surface area contributed by atoms with Crippen LogP contribution in [0.15, 0.2) is 48.5 Å². The maximum atomic E-state index is 11.8. The van der Waals surface area contributed by atoms with Gasteiger partial charge in [0.25, 0.3) is 0 Å². The average molecular weight is 315 g/mol. The number of nitrogens with one attached hydrogen (secondary N) is 1. The molecule has 0 fully saturated rings. The molecule has 0 bridgehead atoms. The minimum Gasteiger partial charge on any atom is -0.504 e. The minimum atomic E-state index is -0.931. The summed E-state index contributed by atoms with van der Waals surface area (Å²) in [5.41, 5.74) is 1.63. The van der Waals surface area contributed by atoms with Gasteiger partial charge in [0.2, 0.25) is 5.91 Å². The van der Waals surface area contributed by atoms with Gasteiger partial charge in [-0.15, -0.1) is 0 Å². The number of benzene rings is 2. The first-order chi connectivity index (χ1) is 11.1. The van der Waals surface area contributed by atoms with Gasteiger partial charge >= 0.3 is 0 Å². The van der Waals surface area contributed by atoms with Crippen LogP contribution in [0.25, 0.3) is 0 Å². The quantitative estimate of drug-likeness (QED) is 0.590. The lowest BCUT2D eigenvalue weighted by atomic mass is 10.1. The second-order valence-corrected chi connectivity index (χ2v) is 5.41. The number of rotatable bonds is 7. The third-order valence-corrected chi connectivity index (χ3v) is 3.59. The van der Waals surface area contributed by atoms with Crippen molar-refractivity contribution in [1.82, 2.24) is 5.32 Å². The summed E-state index contributed by atoms with van der Waals surface area (Å²) in [6, 6.07) is 14.0. The van der Waals surface area contributed by atoms with Crippen molar-refractivity contribution in [2.45, 2.75) is 25.4 Å². The van der Waals surface area contributed by atoms with Crippen molar-refractivity contribution in [3.8, 4) is 11.5 Å². The van der Waals surface area contributed by atoms with Gasteiger partial charge in [-0.05, 0) is 36.1 Å². The van der Waals surface area contributed by atoms with Crippen molar-refractivity contribution in [2.75, 3.05) is 6.54 Å². The molecule has 5 heteroatoms. The molecule has 2 aromatic carbocycles. The second kappa shape index (κ2) is 8.19. The molecular formula is C18H21NO4. The van der Waals surface area contributed by atoms with Crippen LogP contribution in [0.1, 0.15) is 30.1 Å². The Morgan fingerprint density at radius 1 is 1.04 bits per heavy atom. The van der Waals surface area contributed by atoms with Crippen molar-refractivity contribution in [3.63, 3.8) is 0 Å². The van der Waals surface area contributed by atoms with E-state index in [1.54, 1.807) is 0 Å². The lowest BCUT2D eigenvalue weighted by molar-refractivity contribution is -0.121. The summed E-state index contributed by atoms with van der Waals surface area (Å²) in [6.07, 6.45) is 1.04. The molecule has 1 atom stereocenters. The number of hydrogen-bond acceptors (Lipinski definition) is 4. The third-order valence-electron chi connectivity index (χ3n) is 3.59. The lowest BCUT2D eigenvalue weighted by Crippen LogP contribution is -2.28. The molecule has 0 radical (unpaired) electrons. The molecule has 0 aromatic heterocycles. The largest absolute Gasteiger partial charge is 0.504 e. The number of aliphatic hydroxyl groups excluding tert-OH is 1. The smallest absolute Gasteiger partial charge is 0.220 e. The molecule has 0 heterocycles. The zero-order chi connectivity index (χ0) is 16.7. The van der Waals surface area contributed by atoms with Crippen LogP contribution in [-0.2, 0) is 11.2 Å². The van der Waals surface area contributed by atoms with Gasteiger partial charge < -0.3 is 20.6 Å². The van der Waals surface area contributed by atoms with Crippen molar-refractivity contribution in [1.29, 1.82) is 0 Å². The Balaban J connectivity index is 1.72. The Hall–Kier alpha value is -2.53. The number of phenols is 2. The Labute approximate surface area is 135 Å². The normalized spacial score (nSPS) is 11.9. The summed E-state index contributed by atoms with van der Waals surface area (Å²) in [4.78, 5) is 11.8. The van der Waals surface area contributed by atoms with Crippen molar-refractivity contribution in [3.05, 3.63) is 59.7 Å². The van der Waals surface area contributed by atoms with Crippen LogP contribution in [-0.4, -0.2) is 27.8 Å². The predicted octanol–water partition coefficient (Wildman–Crippen LogP) is 2.27. The summed E-state index contributed by atoms with van der Waals surface area (Å²) in [5.74, 6) is -0.662. The van der Waals surface area contributed by atoms with Gasteiger partial charge in [0.15, 0.2) is 11.5 Å². The highest BCUT2D eigenvalue weighted by Gasteiger charge is 2.11. The molecule has 0 spiro atoms. The number of hydrogen-bond donors (Lipinski definition) is 4. The summed E-state index contributed by atoms with van der Waals surface area (Å²) < 4.78 is 0. The Morgan fingerprint density at radius 2 is 1.78 bits per heavy atom. The number of aliphatic hydroxyl groups is 1. The molecule has 2 aromatic rings. The van der Waals surface area contributed by atoms with Gasteiger partial charge in [-0.25, -0.2) is 0 Å². The number of carbonyl (C=O) groups is 1. The summed E-state index contributed by atoms with van der Waals surface area (Å²) in [6.45, 7) is 0.0639. The monoisotopic (exact) mass is 315 g/mol. The molecule has 0 saturated heterocycles. The third kappa shape index (κ3) is 5.30. The summed E-state index contributed by atoms with van der Waals surface area (Å²) in [7, 11) is 0. The van der Waals surface area contributed by atoms with Gasteiger partial charge in [0, 0.05) is 13.0 Å². The van der Waals surface area contributed by atoms with E-state index in [4.69, 9.17) is 0 Å². The van der Waals surface area contributed by atoms with E-state index in [1.807, 2.05) is 30.3 Å². The van der Waals surface area contributed by atoms with E-state index in [1.165, 1.54) is 23.8 Å². The van der Waals surface area contributed by atoms with E-state index in [0.29, 0.717) is 12.0 Å². The van der Waals surface area contributed by atoms with E-state index in [-0.39, 0.29) is 24.0 Å². The lowest BCUT2D eigenvalue weighted by Gasteiger charge is -2.13. The molecule has 1 amide bonds. The molecule has 0 aliphatic heterocycles. The zero-order valence-corrected chi connectivity index (χ0v) is 12.8. The fourth-order valence-corrected chi connectivity index (χ4v) is 2.26. The first-order valence-electron chi connectivity index (χ1n) is 7.57. The molecule has 0 saturated carbocycles. The topological polar surface area (TPSA) is 89.8 Å².